The zero-order chi connectivity index (χ0) is 22.3. The molecule has 0 aliphatic heterocycles. The number of carbonyl (C=O) groups is 3. The fraction of sp³-hybridized carbons (Fsp3) is 0.400. The fourth-order valence-corrected chi connectivity index (χ4v) is 2.35. The summed E-state index contributed by atoms with van der Waals surface area (Å²) in [5.41, 5.74) is 0.688. The quantitative estimate of drug-likeness (QED) is 0.464. The van der Waals surface area contributed by atoms with E-state index in [-0.39, 0.29) is 24.5 Å². The van der Waals surface area contributed by atoms with Gasteiger partial charge in [0.1, 0.15) is 11.3 Å². The summed E-state index contributed by atoms with van der Waals surface area (Å²) in [4.78, 5) is 42.8. The molecule has 0 bridgehead atoms. The van der Waals surface area contributed by atoms with Crippen LogP contribution in [0.4, 0.5) is 10.5 Å². The van der Waals surface area contributed by atoms with Crippen molar-refractivity contribution in [1.82, 2.24) is 20.6 Å². The van der Waals surface area contributed by atoms with Gasteiger partial charge in [0.05, 0.1) is 12.4 Å². The SMILES string of the molecule is C[C@@H](O)CNC(=O)c1[nH]cnc1C(=O)Nc1ccc(CNC(=O)OC(C)(C)C)cc1. The molecule has 10 nitrogen and oxygen atoms in total. The van der Waals surface area contributed by atoms with Crippen LogP contribution < -0.4 is 16.0 Å². The van der Waals surface area contributed by atoms with Gasteiger partial charge in [-0.3, -0.25) is 9.59 Å². The van der Waals surface area contributed by atoms with Gasteiger partial charge in [0.25, 0.3) is 11.8 Å². The summed E-state index contributed by atoms with van der Waals surface area (Å²) < 4.78 is 5.17. The normalized spacial score (nSPS) is 12.0. The van der Waals surface area contributed by atoms with E-state index in [1.165, 1.54) is 13.3 Å². The third-order valence-corrected chi connectivity index (χ3v) is 3.69. The van der Waals surface area contributed by atoms with Crippen molar-refractivity contribution in [3.63, 3.8) is 0 Å². The lowest BCUT2D eigenvalue weighted by Crippen LogP contribution is -2.32. The predicted molar refractivity (Wildman–Crippen MR) is 110 cm³/mol. The third kappa shape index (κ3) is 7.21. The van der Waals surface area contributed by atoms with E-state index in [4.69, 9.17) is 4.74 Å². The van der Waals surface area contributed by atoms with Crippen LogP contribution >= 0.6 is 0 Å². The van der Waals surface area contributed by atoms with Gasteiger partial charge in [0.15, 0.2) is 5.69 Å². The van der Waals surface area contributed by atoms with Crippen LogP contribution in [-0.4, -0.2) is 51.2 Å². The highest BCUT2D eigenvalue weighted by Gasteiger charge is 2.20. The maximum atomic E-state index is 12.5. The highest BCUT2D eigenvalue weighted by atomic mass is 16.6. The van der Waals surface area contributed by atoms with E-state index >= 15 is 0 Å². The fourth-order valence-electron chi connectivity index (χ4n) is 2.35. The Balaban J connectivity index is 1.93. The molecule has 10 heteroatoms. The number of amides is 3. The van der Waals surface area contributed by atoms with Crippen molar-refractivity contribution in [1.29, 1.82) is 0 Å². The van der Waals surface area contributed by atoms with Gasteiger partial charge in [-0.2, -0.15) is 0 Å². The van der Waals surface area contributed by atoms with Crippen molar-refractivity contribution in [2.45, 2.75) is 45.9 Å². The van der Waals surface area contributed by atoms with Crippen LogP contribution in [0.2, 0.25) is 0 Å². The highest BCUT2D eigenvalue weighted by molar-refractivity contribution is 6.10. The van der Waals surface area contributed by atoms with E-state index in [1.54, 1.807) is 45.0 Å². The number of imidazole rings is 1. The predicted octanol–water partition coefficient (Wildman–Crippen LogP) is 1.80. The average molecular weight is 417 g/mol. The molecule has 5 N–H and O–H groups in total. The Hall–Kier alpha value is -3.40. The largest absolute Gasteiger partial charge is 0.444 e. The molecule has 1 heterocycles. The van der Waals surface area contributed by atoms with Crippen LogP contribution in [-0.2, 0) is 11.3 Å². The van der Waals surface area contributed by atoms with E-state index in [1.807, 2.05) is 0 Å². The van der Waals surface area contributed by atoms with Crippen LogP contribution in [0.3, 0.4) is 0 Å². The second-order valence-electron chi connectivity index (χ2n) is 7.69. The van der Waals surface area contributed by atoms with Crippen LogP contribution in [0.5, 0.6) is 0 Å². The molecule has 0 aliphatic rings. The van der Waals surface area contributed by atoms with E-state index < -0.39 is 29.6 Å². The summed E-state index contributed by atoms with van der Waals surface area (Å²) >= 11 is 0. The van der Waals surface area contributed by atoms with Crippen LogP contribution in [0.1, 0.15) is 54.2 Å². The van der Waals surface area contributed by atoms with Gasteiger partial charge in [-0.1, -0.05) is 12.1 Å². The Morgan fingerprint density at radius 1 is 1.13 bits per heavy atom. The number of aromatic nitrogens is 2. The summed E-state index contributed by atoms with van der Waals surface area (Å²) in [6, 6.07) is 6.83. The van der Waals surface area contributed by atoms with Crippen molar-refractivity contribution in [2.75, 3.05) is 11.9 Å². The minimum atomic E-state index is -0.711. The third-order valence-electron chi connectivity index (χ3n) is 3.69. The topological polar surface area (TPSA) is 145 Å². The van der Waals surface area contributed by atoms with Crippen LogP contribution in [0, 0.1) is 0 Å². The minimum absolute atomic E-state index is 0.00586. The standard InChI is InChI=1S/C20H27N5O5/c1-12(26)9-21-17(27)15-16(24-11-23-15)18(28)25-14-7-5-13(6-8-14)10-22-19(29)30-20(2,3)4/h5-8,11-12,26H,9-10H2,1-4H3,(H,21,27)(H,22,29)(H,23,24)(H,25,28)/t12-/m1/s1. The number of benzene rings is 1. The Morgan fingerprint density at radius 2 is 1.80 bits per heavy atom. The molecule has 0 radical (unpaired) electrons. The molecule has 0 fully saturated rings. The average Bonchev–Trinajstić information content (AvgIpc) is 3.14. The first-order valence-corrected chi connectivity index (χ1v) is 9.42. The molecule has 0 saturated carbocycles. The number of nitrogens with one attached hydrogen (secondary N) is 4. The van der Waals surface area contributed by atoms with Gasteiger partial charge < -0.3 is 30.8 Å². The number of nitrogens with zero attached hydrogens (tertiary/aromatic N) is 1. The van der Waals surface area contributed by atoms with Gasteiger partial charge in [-0.25, -0.2) is 9.78 Å². The second kappa shape index (κ2) is 9.88. The first-order chi connectivity index (χ1) is 14.0. The van der Waals surface area contributed by atoms with Crippen molar-refractivity contribution >= 4 is 23.6 Å². The summed E-state index contributed by atoms with van der Waals surface area (Å²) in [6.07, 6.45) is 0.0229. The molecule has 1 aromatic heterocycles. The number of aliphatic hydroxyl groups is 1. The van der Waals surface area contributed by atoms with Crippen molar-refractivity contribution in [3.05, 3.63) is 47.5 Å². The second-order valence-corrected chi connectivity index (χ2v) is 7.69. The molecule has 1 aromatic carbocycles. The maximum Gasteiger partial charge on any atom is 0.407 e. The smallest absolute Gasteiger partial charge is 0.407 e. The molecular formula is C20H27N5O5. The molecule has 3 amide bonds. The van der Waals surface area contributed by atoms with E-state index in [9.17, 15) is 19.5 Å². The lowest BCUT2D eigenvalue weighted by molar-refractivity contribution is 0.0523. The Labute approximate surface area is 174 Å². The minimum Gasteiger partial charge on any atom is -0.444 e. The molecule has 2 aromatic rings. The maximum absolute atomic E-state index is 12.5. The highest BCUT2D eigenvalue weighted by Crippen LogP contribution is 2.13. The number of anilines is 1. The van der Waals surface area contributed by atoms with E-state index in [0.29, 0.717) is 5.69 Å². The van der Waals surface area contributed by atoms with E-state index in [2.05, 4.69) is 25.9 Å². The summed E-state index contributed by atoms with van der Waals surface area (Å²) in [5.74, 6) is -1.10. The molecule has 2 rings (SSSR count). The molecule has 30 heavy (non-hydrogen) atoms. The molecule has 1 atom stereocenters. The first kappa shape index (κ1) is 22.9. The Morgan fingerprint density at radius 3 is 2.40 bits per heavy atom. The molecule has 162 valence electrons. The lowest BCUT2D eigenvalue weighted by Gasteiger charge is -2.19. The van der Waals surface area contributed by atoms with Gasteiger partial charge in [0, 0.05) is 18.8 Å². The summed E-state index contributed by atoms with van der Waals surface area (Å²) in [7, 11) is 0. The number of H-pyrrole nitrogens is 1. The number of alkyl carbamates (subject to hydrolysis) is 1. The number of hydrogen-bond acceptors (Lipinski definition) is 6. The monoisotopic (exact) mass is 417 g/mol. The lowest BCUT2D eigenvalue weighted by atomic mass is 10.2. The number of rotatable bonds is 7. The number of aromatic amines is 1. The Bertz CT molecular complexity index is 884. The van der Waals surface area contributed by atoms with Crippen LogP contribution in [0.15, 0.2) is 30.6 Å². The number of ether oxygens (including phenoxy) is 1. The molecule has 0 unspecified atom stereocenters. The molecular weight excluding hydrogens is 390 g/mol. The van der Waals surface area contributed by atoms with Crippen molar-refractivity contribution < 1.29 is 24.2 Å². The first-order valence-electron chi connectivity index (χ1n) is 9.42. The zero-order valence-electron chi connectivity index (χ0n) is 17.4. The molecule has 0 saturated heterocycles. The van der Waals surface area contributed by atoms with Crippen LogP contribution in [0.25, 0.3) is 0 Å². The molecule has 0 spiro atoms. The number of carbonyl (C=O) groups excluding carboxylic acids is 3. The number of hydrogen-bond donors (Lipinski definition) is 5. The number of aliphatic hydroxyl groups excluding tert-OH is 1. The van der Waals surface area contributed by atoms with E-state index in [0.717, 1.165) is 5.56 Å². The van der Waals surface area contributed by atoms with Gasteiger partial charge in [-0.05, 0) is 45.4 Å². The Kier molecular flexibility index (Phi) is 7.54. The summed E-state index contributed by atoms with van der Waals surface area (Å²) in [6.45, 7) is 7.21. The van der Waals surface area contributed by atoms with Crippen molar-refractivity contribution in [3.8, 4) is 0 Å². The van der Waals surface area contributed by atoms with Gasteiger partial charge in [0.2, 0.25) is 0 Å². The van der Waals surface area contributed by atoms with Gasteiger partial charge in [-0.15, -0.1) is 0 Å². The summed E-state index contributed by atoms with van der Waals surface area (Å²) in [5, 5.41) is 17.1. The molecule has 0 aliphatic carbocycles. The van der Waals surface area contributed by atoms with Gasteiger partial charge >= 0.3 is 6.09 Å². The van der Waals surface area contributed by atoms with Crippen molar-refractivity contribution in [2.24, 2.45) is 0 Å². The zero-order valence-corrected chi connectivity index (χ0v) is 17.4.